The zero-order chi connectivity index (χ0) is 27.4. The normalized spacial score (nSPS) is 21.9. The molecule has 2 atom stereocenters. The molecule has 0 bridgehead atoms. The molecule has 3 rings (SSSR count). The van der Waals surface area contributed by atoms with Crippen LogP contribution in [0.15, 0.2) is 24.3 Å². The Bertz CT molecular complexity index is 995. The van der Waals surface area contributed by atoms with Gasteiger partial charge in [0, 0.05) is 31.4 Å². The number of hydrogen-bond acceptors (Lipinski definition) is 4. The van der Waals surface area contributed by atoms with E-state index < -0.39 is 15.3 Å². The Kier molecular flexibility index (Phi) is 9.96. The van der Waals surface area contributed by atoms with E-state index in [9.17, 15) is 8.42 Å². The van der Waals surface area contributed by atoms with E-state index in [0.717, 1.165) is 30.6 Å². The molecule has 0 spiro atoms. The topological polar surface area (TPSA) is 69.6 Å². The number of nitrogens with one attached hydrogen (secondary N) is 1. The second-order valence-electron chi connectivity index (χ2n) is 13.4. The van der Waals surface area contributed by atoms with Gasteiger partial charge in [-0.05, 0) is 90.7 Å². The lowest BCUT2D eigenvalue weighted by atomic mass is 9.79. The van der Waals surface area contributed by atoms with Crippen LogP contribution in [0.3, 0.4) is 0 Å². The molecule has 6 heteroatoms. The highest BCUT2D eigenvalue weighted by molar-refractivity contribution is 7.90. The van der Waals surface area contributed by atoms with Gasteiger partial charge in [-0.3, -0.25) is 0 Å². The zero-order valence-electron chi connectivity index (χ0n) is 24.4. The zero-order valence-corrected chi connectivity index (χ0v) is 25.3. The first-order valence-electron chi connectivity index (χ1n) is 14.5. The number of benzene rings is 1. The van der Waals surface area contributed by atoms with Crippen molar-refractivity contribution >= 4 is 15.7 Å². The van der Waals surface area contributed by atoms with Crippen molar-refractivity contribution in [2.75, 3.05) is 19.7 Å². The summed E-state index contributed by atoms with van der Waals surface area (Å²) in [6.45, 7) is 17.1. The molecule has 37 heavy (non-hydrogen) atoms. The van der Waals surface area contributed by atoms with Crippen molar-refractivity contribution < 1.29 is 13.5 Å². The van der Waals surface area contributed by atoms with Crippen LogP contribution in [0.1, 0.15) is 117 Å². The number of unbranched alkanes of at least 4 members (excludes halogenated alkanes) is 2. The number of rotatable bonds is 10. The molecule has 1 aromatic carbocycles. The van der Waals surface area contributed by atoms with Crippen LogP contribution in [0, 0.1) is 5.92 Å². The minimum absolute atomic E-state index is 0.00338. The summed E-state index contributed by atoms with van der Waals surface area (Å²) in [6.07, 6.45) is 10.6. The van der Waals surface area contributed by atoms with Crippen LogP contribution in [0.25, 0.3) is 5.70 Å². The van der Waals surface area contributed by atoms with E-state index in [1.165, 1.54) is 43.2 Å². The third-order valence-electron chi connectivity index (χ3n) is 8.24. The van der Waals surface area contributed by atoms with Crippen molar-refractivity contribution in [3.05, 3.63) is 41.0 Å². The van der Waals surface area contributed by atoms with Crippen LogP contribution in [0.5, 0.6) is 0 Å². The number of hydrogen-bond donors (Lipinski definition) is 2. The van der Waals surface area contributed by atoms with Gasteiger partial charge in [0.1, 0.15) is 5.25 Å². The van der Waals surface area contributed by atoms with Crippen molar-refractivity contribution in [2.45, 2.75) is 122 Å². The van der Waals surface area contributed by atoms with Gasteiger partial charge < -0.3 is 10.0 Å². The second-order valence-corrected chi connectivity index (χ2v) is 15.4. The molecule has 0 saturated heterocycles. The van der Waals surface area contributed by atoms with Crippen molar-refractivity contribution in [3.8, 4) is 0 Å². The van der Waals surface area contributed by atoms with E-state index in [1.54, 1.807) is 0 Å². The predicted molar refractivity (Wildman–Crippen MR) is 156 cm³/mol. The molecule has 1 saturated carbocycles. The van der Waals surface area contributed by atoms with Gasteiger partial charge in [-0.15, -0.1) is 0 Å². The van der Waals surface area contributed by atoms with Gasteiger partial charge in [0.25, 0.3) is 0 Å². The van der Waals surface area contributed by atoms with Crippen LogP contribution in [-0.2, 0) is 20.9 Å². The summed E-state index contributed by atoms with van der Waals surface area (Å²) >= 11 is 0. The van der Waals surface area contributed by atoms with Gasteiger partial charge in [0.05, 0.1) is 0 Å². The number of nitrogens with zero attached hydrogens (tertiary/aromatic N) is 1. The van der Waals surface area contributed by atoms with Gasteiger partial charge in [-0.2, -0.15) is 0 Å². The van der Waals surface area contributed by atoms with Crippen molar-refractivity contribution in [1.29, 1.82) is 0 Å². The molecule has 1 aromatic rings. The number of sulfonamides is 1. The summed E-state index contributed by atoms with van der Waals surface area (Å²) in [5, 5.41) is 8.44. The van der Waals surface area contributed by atoms with E-state index in [4.69, 9.17) is 5.11 Å². The molecular weight excluding hydrogens is 480 g/mol. The average Bonchev–Trinajstić information content (AvgIpc) is 3.15. The van der Waals surface area contributed by atoms with Crippen LogP contribution >= 0.6 is 0 Å². The largest absolute Gasteiger partial charge is 0.396 e. The van der Waals surface area contributed by atoms with Gasteiger partial charge in [-0.1, -0.05) is 66.9 Å². The third kappa shape index (κ3) is 7.83. The highest BCUT2D eigenvalue weighted by Crippen LogP contribution is 2.39. The molecule has 0 radical (unpaired) electrons. The Morgan fingerprint density at radius 1 is 0.919 bits per heavy atom. The molecule has 0 aromatic heterocycles. The first-order valence-corrected chi connectivity index (χ1v) is 16.0. The van der Waals surface area contributed by atoms with E-state index in [1.807, 2.05) is 6.08 Å². The summed E-state index contributed by atoms with van der Waals surface area (Å²) in [6, 6.07) is 6.79. The first kappa shape index (κ1) is 30.2. The minimum atomic E-state index is -3.52. The standard InChI is InChI=1S/C31H52N2O3S/c1-23-29(37(35,36)32-16-12-9-13-17-34)21-28(33(23)22-24-14-10-8-11-15-24)25-18-26(30(2,3)4)20-27(19-25)31(5,6)7/h18-21,23-24,29,32,34H,8-17,22H2,1-7H3. The van der Waals surface area contributed by atoms with Crippen LogP contribution in [0.2, 0.25) is 0 Å². The first-order chi connectivity index (χ1) is 17.2. The Balaban J connectivity index is 2.01. The molecule has 0 amide bonds. The van der Waals surface area contributed by atoms with Gasteiger partial charge in [0.2, 0.25) is 10.0 Å². The van der Waals surface area contributed by atoms with E-state index >= 15 is 0 Å². The van der Waals surface area contributed by atoms with Crippen LogP contribution in [0.4, 0.5) is 0 Å². The fraction of sp³-hybridized carbons (Fsp3) is 0.742. The lowest BCUT2D eigenvalue weighted by molar-refractivity contribution is 0.238. The molecule has 2 unspecified atom stereocenters. The predicted octanol–water partition coefficient (Wildman–Crippen LogP) is 6.36. The summed E-state index contributed by atoms with van der Waals surface area (Å²) < 4.78 is 29.9. The lowest BCUT2D eigenvalue weighted by Crippen LogP contribution is -2.44. The summed E-state index contributed by atoms with van der Waals surface area (Å²) in [5.74, 6) is 0.611. The SMILES string of the molecule is CC1C(S(=O)(=O)NCCCCCO)C=C(c2cc(C(C)(C)C)cc(C(C)(C)C)c2)N1CC1CCCCC1. The summed E-state index contributed by atoms with van der Waals surface area (Å²) in [7, 11) is -3.52. The van der Waals surface area contributed by atoms with Gasteiger partial charge in [-0.25, -0.2) is 13.1 Å². The molecule has 1 aliphatic carbocycles. The van der Waals surface area contributed by atoms with Crippen LogP contribution in [-0.4, -0.2) is 49.4 Å². The molecule has 210 valence electrons. The van der Waals surface area contributed by atoms with Gasteiger partial charge in [0.15, 0.2) is 0 Å². The molecule has 1 aliphatic heterocycles. The minimum Gasteiger partial charge on any atom is -0.396 e. The fourth-order valence-corrected chi connectivity index (χ4v) is 7.27. The second kappa shape index (κ2) is 12.2. The van der Waals surface area contributed by atoms with Crippen LogP contribution < -0.4 is 4.72 Å². The maximum Gasteiger partial charge on any atom is 0.220 e. The molecular formula is C31H52N2O3S. The summed E-state index contributed by atoms with van der Waals surface area (Å²) in [5.41, 5.74) is 4.78. The fourth-order valence-electron chi connectivity index (χ4n) is 5.68. The van der Waals surface area contributed by atoms with E-state index in [0.29, 0.717) is 18.9 Å². The molecule has 2 aliphatic rings. The quantitative estimate of drug-likeness (QED) is 0.344. The number of aliphatic hydroxyl groups is 1. The van der Waals surface area contributed by atoms with Gasteiger partial charge >= 0.3 is 0 Å². The third-order valence-corrected chi connectivity index (χ3v) is 10.1. The molecule has 1 fully saturated rings. The average molecular weight is 533 g/mol. The van der Waals surface area contributed by atoms with Crippen molar-refractivity contribution in [2.24, 2.45) is 5.92 Å². The Labute approximate surface area is 227 Å². The monoisotopic (exact) mass is 532 g/mol. The molecule has 2 N–H and O–H groups in total. The molecule has 5 nitrogen and oxygen atoms in total. The van der Waals surface area contributed by atoms with E-state index in [2.05, 4.69) is 76.3 Å². The lowest BCUT2D eigenvalue weighted by Gasteiger charge is -2.35. The maximum atomic E-state index is 13.5. The maximum absolute atomic E-state index is 13.5. The number of aliphatic hydroxyl groups excluding tert-OH is 1. The highest BCUT2D eigenvalue weighted by Gasteiger charge is 2.40. The van der Waals surface area contributed by atoms with E-state index in [-0.39, 0.29) is 23.5 Å². The summed E-state index contributed by atoms with van der Waals surface area (Å²) in [4.78, 5) is 2.40. The molecule has 1 heterocycles. The smallest absolute Gasteiger partial charge is 0.220 e. The van der Waals surface area contributed by atoms with Crippen molar-refractivity contribution in [3.63, 3.8) is 0 Å². The Morgan fingerprint density at radius 2 is 1.51 bits per heavy atom. The Hall–Kier alpha value is -1.37. The van der Waals surface area contributed by atoms with Crippen molar-refractivity contribution in [1.82, 2.24) is 9.62 Å². The Morgan fingerprint density at radius 3 is 2.05 bits per heavy atom. The highest BCUT2D eigenvalue weighted by atomic mass is 32.2.